The quantitative estimate of drug-likeness (QED) is 0.670. The van der Waals surface area contributed by atoms with Gasteiger partial charge in [-0.3, -0.25) is 4.98 Å². The maximum atomic E-state index is 4.41. The highest BCUT2D eigenvalue weighted by Gasteiger charge is 2.07. The van der Waals surface area contributed by atoms with E-state index in [0.717, 1.165) is 28.2 Å². The highest BCUT2D eigenvalue weighted by atomic mass is 15.0. The van der Waals surface area contributed by atoms with Crippen molar-refractivity contribution in [1.82, 2.24) is 19.9 Å². The summed E-state index contributed by atoms with van der Waals surface area (Å²) < 4.78 is 0. The Kier molecular flexibility index (Phi) is 1.93. The highest BCUT2D eigenvalue weighted by Crippen LogP contribution is 2.18. The number of pyridine rings is 2. The van der Waals surface area contributed by atoms with E-state index in [1.165, 1.54) is 0 Å². The molecule has 4 nitrogen and oxygen atoms in total. The van der Waals surface area contributed by atoms with Crippen molar-refractivity contribution in [3.63, 3.8) is 0 Å². The molecule has 0 radical (unpaired) electrons. The van der Waals surface area contributed by atoms with Gasteiger partial charge in [0.1, 0.15) is 5.69 Å². The zero-order valence-electron chi connectivity index (χ0n) is 8.81. The molecule has 0 aliphatic heterocycles. The predicted molar refractivity (Wildman–Crippen MR) is 61.9 cm³/mol. The molecule has 0 aromatic carbocycles. The topological polar surface area (TPSA) is 54.5 Å². The smallest absolute Gasteiger partial charge is 0.178 e. The van der Waals surface area contributed by atoms with E-state index >= 15 is 0 Å². The Balaban J connectivity index is 2.23. The second kappa shape index (κ2) is 3.41. The van der Waals surface area contributed by atoms with E-state index in [9.17, 15) is 0 Å². The molecule has 0 fully saturated rings. The van der Waals surface area contributed by atoms with Crippen LogP contribution in [0.15, 0.2) is 36.7 Å². The summed E-state index contributed by atoms with van der Waals surface area (Å²) >= 11 is 0. The Morgan fingerprint density at radius 3 is 2.75 bits per heavy atom. The molecular weight excluding hydrogens is 200 g/mol. The third-order valence-corrected chi connectivity index (χ3v) is 2.51. The lowest BCUT2D eigenvalue weighted by molar-refractivity contribution is 1.23. The maximum absolute atomic E-state index is 4.41. The van der Waals surface area contributed by atoms with Crippen LogP contribution in [-0.4, -0.2) is 19.9 Å². The van der Waals surface area contributed by atoms with Gasteiger partial charge in [-0.2, -0.15) is 0 Å². The van der Waals surface area contributed by atoms with Crippen molar-refractivity contribution in [3.05, 3.63) is 42.2 Å². The minimum atomic E-state index is 0.737. The molecule has 0 atom stereocenters. The molecule has 4 heteroatoms. The third kappa shape index (κ3) is 1.35. The molecule has 3 rings (SSSR count). The summed E-state index contributed by atoms with van der Waals surface area (Å²) in [5.41, 5.74) is 3.68. The molecule has 0 unspecified atom stereocenters. The lowest BCUT2D eigenvalue weighted by Crippen LogP contribution is -1.83. The first-order valence-corrected chi connectivity index (χ1v) is 5.07. The van der Waals surface area contributed by atoms with Crippen LogP contribution >= 0.6 is 0 Å². The van der Waals surface area contributed by atoms with Crippen molar-refractivity contribution < 1.29 is 0 Å². The van der Waals surface area contributed by atoms with Crippen molar-refractivity contribution in [2.75, 3.05) is 0 Å². The van der Waals surface area contributed by atoms with E-state index in [-0.39, 0.29) is 0 Å². The predicted octanol–water partition coefficient (Wildman–Crippen LogP) is 2.33. The minimum Gasteiger partial charge on any atom is -0.335 e. The number of aromatic amines is 1. The molecule has 3 aromatic heterocycles. The van der Waals surface area contributed by atoms with E-state index in [0.29, 0.717) is 0 Å². The summed E-state index contributed by atoms with van der Waals surface area (Å²) in [5.74, 6) is 0.761. The number of nitrogens with one attached hydrogen (secondary N) is 1. The highest BCUT2D eigenvalue weighted by molar-refractivity contribution is 5.77. The summed E-state index contributed by atoms with van der Waals surface area (Å²) in [7, 11) is 0. The average molecular weight is 210 g/mol. The van der Waals surface area contributed by atoms with E-state index in [1.54, 1.807) is 12.4 Å². The molecule has 0 aliphatic carbocycles. The fraction of sp³-hybridized carbons (Fsp3) is 0.0833. The summed E-state index contributed by atoms with van der Waals surface area (Å²) in [6, 6.07) is 7.71. The van der Waals surface area contributed by atoms with Crippen LogP contribution in [-0.2, 0) is 0 Å². The second-order valence-corrected chi connectivity index (χ2v) is 3.63. The van der Waals surface area contributed by atoms with Gasteiger partial charge in [-0.05, 0) is 30.7 Å². The molecule has 3 aromatic rings. The molecule has 0 amide bonds. The molecule has 0 bridgehead atoms. The van der Waals surface area contributed by atoms with Crippen LogP contribution in [0.4, 0.5) is 0 Å². The molecule has 0 aliphatic rings. The van der Waals surface area contributed by atoms with E-state index in [4.69, 9.17) is 0 Å². The van der Waals surface area contributed by atoms with Gasteiger partial charge in [0.05, 0.1) is 5.52 Å². The molecule has 16 heavy (non-hydrogen) atoms. The first-order valence-electron chi connectivity index (χ1n) is 5.07. The zero-order chi connectivity index (χ0) is 11.0. The van der Waals surface area contributed by atoms with Crippen LogP contribution in [0.1, 0.15) is 5.56 Å². The number of hydrogen-bond donors (Lipinski definition) is 1. The molecular formula is C12H10N4. The Hall–Kier alpha value is -2.23. The fourth-order valence-electron chi connectivity index (χ4n) is 1.66. The third-order valence-electron chi connectivity index (χ3n) is 2.51. The summed E-state index contributed by atoms with van der Waals surface area (Å²) in [5, 5.41) is 0. The van der Waals surface area contributed by atoms with Gasteiger partial charge in [-0.15, -0.1) is 0 Å². The number of H-pyrrole nitrogens is 1. The van der Waals surface area contributed by atoms with Crippen molar-refractivity contribution in [1.29, 1.82) is 0 Å². The van der Waals surface area contributed by atoms with Crippen molar-refractivity contribution in [2.45, 2.75) is 6.92 Å². The molecule has 1 N–H and O–H groups in total. The zero-order valence-corrected chi connectivity index (χ0v) is 8.81. The number of fused-ring (bicyclic) bond motifs is 1. The van der Waals surface area contributed by atoms with Crippen molar-refractivity contribution >= 4 is 11.2 Å². The summed E-state index contributed by atoms with van der Waals surface area (Å²) in [6.45, 7) is 2.03. The summed E-state index contributed by atoms with van der Waals surface area (Å²) in [6.07, 6.45) is 3.52. The standard InChI is InChI=1S/C12H10N4/c1-8-5-7-14-12-10(8)15-11(16-12)9-4-2-3-6-13-9/h2-7H,1H3,(H,14,15,16). The number of nitrogens with zero attached hydrogens (tertiary/aromatic N) is 3. The van der Waals surface area contributed by atoms with Gasteiger partial charge in [0, 0.05) is 12.4 Å². The van der Waals surface area contributed by atoms with E-state index in [2.05, 4.69) is 19.9 Å². The van der Waals surface area contributed by atoms with Gasteiger partial charge in [0.15, 0.2) is 11.5 Å². The van der Waals surface area contributed by atoms with Gasteiger partial charge >= 0.3 is 0 Å². The first-order chi connectivity index (χ1) is 7.84. The van der Waals surface area contributed by atoms with Crippen LogP contribution in [0.5, 0.6) is 0 Å². The normalized spacial score (nSPS) is 10.8. The summed E-state index contributed by atoms with van der Waals surface area (Å²) in [4.78, 5) is 16.1. The van der Waals surface area contributed by atoms with Crippen molar-refractivity contribution in [3.8, 4) is 11.5 Å². The first kappa shape index (κ1) is 9.03. The monoisotopic (exact) mass is 210 g/mol. The molecule has 0 saturated heterocycles. The molecule has 0 saturated carbocycles. The largest absolute Gasteiger partial charge is 0.335 e. The number of aryl methyl sites for hydroxylation is 1. The van der Waals surface area contributed by atoms with Crippen LogP contribution in [0.3, 0.4) is 0 Å². The van der Waals surface area contributed by atoms with E-state index in [1.807, 2.05) is 31.2 Å². The SMILES string of the molecule is Cc1ccnc2nc(-c3ccccn3)[nH]c12. The number of hydrogen-bond acceptors (Lipinski definition) is 3. The lowest BCUT2D eigenvalue weighted by atomic mass is 10.3. The van der Waals surface area contributed by atoms with Gasteiger partial charge < -0.3 is 4.98 Å². The number of imidazole rings is 1. The molecule has 3 heterocycles. The Morgan fingerprint density at radius 2 is 2.00 bits per heavy atom. The Bertz CT molecular complexity index is 628. The van der Waals surface area contributed by atoms with E-state index < -0.39 is 0 Å². The van der Waals surface area contributed by atoms with Crippen LogP contribution in [0.25, 0.3) is 22.7 Å². The fourth-order valence-corrected chi connectivity index (χ4v) is 1.66. The maximum Gasteiger partial charge on any atom is 0.178 e. The van der Waals surface area contributed by atoms with Crippen LogP contribution < -0.4 is 0 Å². The average Bonchev–Trinajstić information content (AvgIpc) is 2.76. The van der Waals surface area contributed by atoms with Gasteiger partial charge in [0.25, 0.3) is 0 Å². The van der Waals surface area contributed by atoms with Gasteiger partial charge in [-0.1, -0.05) is 6.07 Å². The molecule has 0 spiro atoms. The van der Waals surface area contributed by atoms with Crippen molar-refractivity contribution in [2.24, 2.45) is 0 Å². The minimum absolute atomic E-state index is 0.737. The lowest BCUT2D eigenvalue weighted by Gasteiger charge is -1.93. The molecule has 78 valence electrons. The van der Waals surface area contributed by atoms with Gasteiger partial charge in [-0.25, -0.2) is 9.97 Å². The Morgan fingerprint density at radius 1 is 1.06 bits per heavy atom. The van der Waals surface area contributed by atoms with Crippen LogP contribution in [0, 0.1) is 6.92 Å². The number of aromatic nitrogens is 4. The van der Waals surface area contributed by atoms with Crippen LogP contribution in [0.2, 0.25) is 0 Å². The number of rotatable bonds is 1. The Labute approximate surface area is 92.4 Å². The van der Waals surface area contributed by atoms with Gasteiger partial charge in [0.2, 0.25) is 0 Å². The second-order valence-electron chi connectivity index (χ2n) is 3.63.